The van der Waals surface area contributed by atoms with Gasteiger partial charge < -0.3 is 19.5 Å². The normalized spacial score (nSPS) is 17.0. The number of Topliss-reactive ketones (excluding diaryl/α,β-unsaturated/α-hetero) is 1. The minimum atomic E-state index is -4.55. The van der Waals surface area contributed by atoms with Gasteiger partial charge in [-0.3, -0.25) is 9.59 Å². The van der Waals surface area contributed by atoms with Crippen LogP contribution in [-0.2, 0) is 22.2 Å². The SMILES string of the molecule is O=C1CCN(C(O)c2ccccc2)C(=O)/C1=C(\O)CCc1ccc(-c2ccccc2C(F)(F)F)o1. The lowest BCUT2D eigenvalue weighted by molar-refractivity contribution is -0.143. The van der Waals surface area contributed by atoms with E-state index in [0.717, 1.165) is 11.0 Å². The molecule has 6 nitrogen and oxygen atoms in total. The molecule has 9 heteroatoms. The molecule has 0 radical (unpaired) electrons. The zero-order chi connectivity index (χ0) is 25.2. The Morgan fingerprint density at radius 3 is 2.40 bits per heavy atom. The number of hydrogen-bond donors (Lipinski definition) is 2. The molecule has 0 bridgehead atoms. The highest BCUT2D eigenvalue weighted by Gasteiger charge is 2.36. The van der Waals surface area contributed by atoms with Gasteiger partial charge in [0, 0.05) is 36.9 Å². The van der Waals surface area contributed by atoms with E-state index < -0.39 is 41.0 Å². The molecule has 2 heterocycles. The number of nitrogens with zero attached hydrogens (tertiary/aromatic N) is 1. The average molecular weight is 485 g/mol. The molecular formula is C26H22F3NO5. The third-order valence-corrected chi connectivity index (χ3v) is 5.78. The Kier molecular flexibility index (Phi) is 6.79. The van der Waals surface area contributed by atoms with Gasteiger partial charge in [0.1, 0.15) is 22.9 Å². The third kappa shape index (κ3) is 5.14. The minimum Gasteiger partial charge on any atom is -0.511 e. The van der Waals surface area contributed by atoms with Gasteiger partial charge in [-0.15, -0.1) is 0 Å². The molecule has 1 saturated heterocycles. The number of aliphatic hydroxyl groups excluding tert-OH is 2. The van der Waals surface area contributed by atoms with E-state index >= 15 is 0 Å². The van der Waals surface area contributed by atoms with Gasteiger partial charge in [-0.2, -0.15) is 13.2 Å². The Morgan fingerprint density at radius 2 is 1.69 bits per heavy atom. The summed E-state index contributed by atoms with van der Waals surface area (Å²) in [5.74, 6) is -1.49. The maximum absolute atomic E-state index is 13.3. The largest absolute Gasteiger partial charge is 0.511 e. The minimum absolute atomic E-state index is 0.00463. The number of aryl methyl sites for hydroxylation is 1. The van der Waals surface area contributed by atoms with Crippen LogP contribution in [0, 0.1) is 0 Å². The van der Waals surface area contributed by atoms with Crippen molar-refractivity contribution in [2.24, 2.45) is 0 Å². The van der Waals surface area contributed by atoms with E-state index in [-0.39, 0.29) is 42.9 Å². The topological polar surface area (TPSA) is 91.0 Å². The second kappa shape index (κ2) is 9.79. The van der Waals surface area contributed by atoms with Crippen molar-refractivity contribution in [1.82, 2.24) is 4.90 Å². The molecule has 1 fully saturated rings. The highest BCUT2D eigenvalue weighted by molar-refractivity contribution is 6.21. The van der Waals surface area contributed by atoms with Crippen molar-refractivity contribution in [2.75, 3.05) is 6.54 Å². The Balaban J connectivity index is 1.51. The molecule has 1 aromatic heterocycles. The highest BCUT2D eigenvalue weighted by Crippen LogP contribution is 2.37. The van der Waals surface area contributed by atoms with Crippen LogP contribution in [0.3, 0.4) is 0 Å². The van der Waals surface area contributed by atoms with Crippen LogP contribution >= 0.6 is 0 Å². The highest BCUT2D eigenvalue weighted by atomic mass is 19.4. The predicted octanol–water partition coefficient (Wildman–Crippen LogP) is 5.20. The monoisotopic (exact) mass is 485 g/mol. The molecule has 3 aromatic rings. The number of benzene rings is 2. The fourth-order valence-electron chi connectivity index (χ4n) is 4.00. The summed E-state index contributed by atoms with van der Waals surface area (Å²) in [5, 5.41) is 21.2. The summed E-state index contributed by atoms with van der Waals surface area (Å²) in [6.07, 6.45) is -5.99. The average Bonchev–Trinajstić information content (AvgIpc) is 3.31. The molecule has 1 aliphatic heterocycles. The van der Waals surface area contributed by atoms with Crippen molar-refractivity contribution in [3.8, 4) is 11.3 Å². The Labute approximate surface area is 198 Å². The van der Waals surface area contributed by atoms with Crippen molar-refractivity contribution >= 4 is 11.7 Å². The molecular weight excluding hydrogens is 463 g/mol. The third-order valence-electron chi connectivity index (χ3n) is 5.78. The molecule has 1 atom stereocenters. The summed E-state index contributed by atoms with van der Waals surface area (Å²) in [6, 6.07) is 16.4. The zero-order valence-corrected chi connectivity index (χ0v) is 18.5. The van der Waals surface area contributed by atoms with Gasteiger partial charge in [0.15, 0.2) is 12.0 Å². The quantitative estimate of drug-likeness (QED) is 0.284. The summed E-state index contributed by atoms with van der Waals surface area (Å²) < 4.78 is 45.5. The molecule has 4 rings (SSSR count). The lowest BCUT2D eigenvalue weighted by Gasteiger charge is -2.32. The van der Waals surface area contributed by atoms with E-state index in [1.54, 1.807) is 30.3 Å². The van der Waals surface area contributed by atoms with Crippen LogP contribution in [0.25, 0.3) is 11.3 Å². The van der Waals surface area contributed by atoms with Gasteiger partial charge >= 0.3 is 6.18 Å². The van der Waals surface area contributed by atoms with Gasteiger partial charge in [0.05, 0.1) is 5.56 Å². The predicted molar refractivity (Wildman–Crippen MR) is 120 cm³/mol. The maximum atomic E-state index is 13.3. The smallest absolute Gasteiger partial charge is 0.417 e. The summed E-state index contributed by atoms with van der Waals surface area (Å²) in [4.78, 5) is 26.4. The van der Waals surface area contributed by atoms with Gasteiger partial charge in [0.2, 0.25) is 0 Å². The number of rotatable bonds is 6. The molecule has 1 aliphatic rings. The number of halogens is 3. The summed E-state index contributed by atoms with van der Waals surface area (Å²) in [6.45, 7) is 0.00463. The second-order valence-electron chi connectivity index (χ2n) is 8.09. The number of carbonyl (C=O) groups is 2. The van der Waals surface area contributed by atoms with E-state index in [2.05, 4.69) is 0 Å². The van der Waals surface area contributed by atoms with E-state index in [0.29, 0.717) is 5.56 Å². The maximum Gasteiger partial charge on any atom is 0.417 e. The van der Waals surface area contributed by atoms with Crippen molar-refractivity contribution in [3.05, 3.63) is 94.9 Å². The number of carbonyl (C=O) groups excluding carboxylic acids is 2. The Hall–Kier alpha value is -3.85. The first-order valence-corrected chi connectivity index (χ1v) is 10.9. The van der Waals surface area contributed by atoms with Gasteiger partial charge in [-0.25, -0.2) is 0 Å². The van der Waals surface area contributed by atoms with Gasteiger partial charge in [-0.05, 0) is 18.2 Å². The Morgan fingerprint density at radius 1 is 1.00 bits per heavy atom. The molecule has 0 saturated carbocycles. The van der Waals surface area contributed by atoms with Crippen LogP contribution in [0.5, 0.6) is 0 Å². The number of furan rings is 1. The molecule has 35 heavy (non-hydrogen) atoms. The zero-order valence-electron chi connectivity index (χ0n) is 18.5. The first-order valence-electron chi connectivity index (χ1n) is 10.9. The van der Waals surface area contributed by atoms with E-state index in [1.807, 2.05) is 0 Å². The van der Waals surface area contributed by atoms with Crippen LogP contribution in [0.2, 0.25) is 0 Å². The number of piperidine rings is 1. The lowest BCUT2D eigenvalue weighted by Crippen LogP contribution is -2.43. The van der Waals surface area contributed by atoms with Crippen LogP contribution < -0.4 is 0 Å². The van der Waals surface area contributed by atoms with Crippen molar-refractivity contribution < 1.29 is 37.4 Å². The van der Waals surface area contributed by atoms with Crippen LogP contribution in [0.15, 0.2) is 82.5 Å². The number of allylic oxidation sites excluding steroid dienone is 1. The van der Waals surface area contributed by atoms with Crippen LogP contribution in [0.4, 0.5) is 13.2 Å². The number of hydrogen-bond acceptors (Lipinski definition) is 5. The van der Waals surface area contributed by atoms with Crippen LogP contribution in [-0.4, -0.2) is 33.3 Å². The molecule has 0 spiro atoms. The van der Waals surface area contributed by atoms with E-state index in [4.69, 9.17) is 4.42 Å². The molecule has 2 N–H and O–H groups in total. The lowest BCUT2D eigenvalue weighted by atomic mass is 9.97. The number of amides is 1. The number of likely N-dealkylation sites (tertiary alicyclic amines) is 1. The van der Waals surface area contributed by atoms with Crippen molar-refractivity contribution in [2.45, 2.75) is 31.7 Å². The fraction of sp³-hybridized carbons (Fsp3) is 0.231. The standard InChI is InChI=1S/C26H22F3NO5/c27-26(28,29)19-9-5-4-8-18(19)22-13-11-17(35-22)10-12-20(31)23-21(32)14-15-30(25(23)34)24(33)16-6-2-1-3-7-16/h1-9,11,13,24,31,33H,10,12,14-15H2/b23-20-. The van der Waals surface area contributed by atoms with Gasteiger partial charge in [-0.1, -0.05) is 48.5 Å². The van der Waals surface area contributed by atoms with Crippen LogP contribution in [0.1, 0.15) is 36.0 Å². The second-order valence-corrected chi connectivity index (χ2v) is 8.09. The van der Waals surface area contributed by atoms with Gasteiger partial charge in [0.25, 0.3) is 5.91 Å². The first-order chi connectivity index (χ1) is 16.7. The Bertz CT molecular complexity index is 1260. The summed E-state index contributed by atoms with van der Waals surface area (Å²) in [7, 11) is 0. The molecule has 1 amide bonds. The van der Waals surface area contributed by atoms with Crippen molar-refractivity contribution in [1.29, 1.82) is 0 Å². The molecule has 1 unspecified atom stereocenters. The van der Waals surface area contributed by atoms with E-state index in [1.165, 1.54) is 30.3 Å². The summed E-state index contributed by atoms with van der Waals surface area (Å²) in [5.41, 5.74) is -0.880. The molecule has 2 aromatic carbocycles. The molecule has 182 valence electrons. The molecule has 0 aliphatic carbocycles. The van der Waals surface area contributed by atoms with E-state index in [9.17, 15) is 33.0 Å². The number of alkyl halides is 3. The fourth-order valence-corrected chi connectivity index (χ4v) is 4.00. The number of aliphatic hydroxyl groups is 2. The van der Waals surface area contributed by atoms with Crippen molar-refractivity contribution in [3.63, 3.8) is 0 Å². The number of ketones is 1. The first kappa shape index (κ1) is 24.3. The summed E-state index contributed by atoms with van der Waals surface area (Å²) >= 11 is 0.